The van der Waals surface area contributed by atoms with Crippen LogP contribution >= 0.6 is 0 Å². The zero-order valence-corrected chi connectivity index (χ0v) is 9.84. The molecule has 15 heavy (non-hydrogen) atoms. The second-order valence-electron chi connectivity index (χ2n) is 4.56. The molecule has 0 fully saturated rings. The van der Waals surface area contributed by atoms with Gasteiger partial charge < -0.3 is 0 Å². The van der Waals surface area contributed by atoms with Crippen LogP contribution in [0.15, 0.2) is 12.2 Å². The molecule has 0 N–H and O–H groups in total. The molecular formula is C14H24O. The molecule has 1 nitrogen and oxygen atoms in total. The van der Waals surface area contributed by atoms with Crippen LogP contribution in [0.4, 0.5) is 0 Å². The van der Waals surface area contributed by atoms with E-state index in [1.54, 1.807) is 0 Å². The maximum atomic E-state index is 11.4. The van der Waals surface area contributed by atoms with Crippen LogP contribution < -0.4 is 0 Å². The van der Waals surface area contributed by atoms with E-state index < -0.39 is 0 Å². The number of hydrogen-bond donors (Lipinski definition) is 0. The van der Waals surface area contributed by atoms with Crippen molar-refractivity contribution in [3.8, 4) is 0 Å². The third-order valence-corrected chi connectivity index (χ3v) is 3.07. The second-order valence-corrected chi connectivity index (χ2v) is 4.56. The molecule has 0 saturated heterocycles. The highest BCUT2D eigenvalue weighted by atomic mass is 16.1. The van der Waals surface area contributed by atoms with Crippen molar-refractivity contribution in [2.45, 2.75) is 70.6 Å². The first-order chi connectivity index (χ1) is 7.39. The predicted molar refractivity (Wildman–Crippen MR) is 64.9 cm³/mol. The third-order valence-electron chi connectivity index (χ3n) is 3.07. The van der Waals surface area contributed by atoms with Gasteiger partial charge in [0.25, 0.3) is 0 Å². The summed E-state index contributed by atoms with van der Waals surface area (Å²) in [6, 6.07) is 0. The Balaban J connectivity index is 2.21. The van der Waals surface area contributed by atoms with Crippen molar-refractivity contribution in [2.24, 2.45) is 0 Å². The predicted octanol–water partition coefficient (Wildman–Crippen LogP) is 4.42. The van der Waals surface area contributed by atoms with Crippen molar-refractivity contribution in [3.05, 3.63) is 12.2 Å². The van der Waals surface area contributed by atoms with Gasteiger partial charge in [0.15, 0.2) is 0 Å². The zero-order valence-electron chi connectivity index (χ0n) is 9.84. The molecule has 1 rings (SSSR count). The van der Waals surface area contributed by atoms with Gasteiger partial charge in [-0.25, -0.2) is 0 Å². The molecule has 0 heterocycles. The first kappa shape index (κ1) is 12.5. The Bertz CT molecular complexity index is 194. The molecule has 86 valence electrons. The van der Waals surface area contributed by atoms with Crippen LogP contribution in [0.5, 0.6) is 0 Å². The Hall–Kier alpha value is -0.590. The Morgan fingerprint density at radius 2 is 1.20 bits per heavy atom. The lowest BCUT2D eigenvalue weighted by molar-refractivity contribution is -0.119. The maximum Gasteiger partial charge on any atom is 0.132 e. The van der Waals surface area contributed by atoms with E-state index in [0.29, 0.717) is 5.78 Å². The van der Waals surface area contributed by atoms with Crippen LogP contribution in [0.2, 0.25) is 0 Å². The highest BCUT2D eigenvalue weighted by Gasteiger charge is 2.01. The fourth-order valence-corrected chi connectivity index (χ4v) is 2.07. The number of ketones is 1. The number of hydrogen-bond acceptors (Lipinski definition) is 1. The van der Waals surface area contributed by atoms with Crippen molar-refractivity contribution in [1.82, 2.24) is 0 Å². The standard InChI is InChI=1S/C14H24O/c15-14-12-10-8-6-4-2-1-3-5-7-9-11-13-14/h4,6H,1-3,5,7-13H2/b6-4+. The fraction of sp³-hybridized carbons (Fsp3) is 0.786. The van der Waals surface area contributed by atoms with Gasteiger partial charge in [-0.1, -0.05) is 37.8 Å². The Labute approximate surface area is 93.9 Å². The van der Waals surface area contributed by atoms with E-state index in [-0.39, 0.29) is 0 Å². The number of carbonyl (C=O) groups is 1. The molecule has 0 aliphatic heterocycles. The number of rotatable bonds is 0. The van der Waals surface area contributed by atoms with Crippen molar-refractivity contribution in [1.29, 1.82) is 0 Å². The molecule has 0 unspecified atom stereocenters. The van der Waals surface area contributed by atoms with Gasteiger partial charge in [0.1, 0.15) is 5.78 Å². The highest BCUT2D eigenvalue weighted by molar-refractivity contribution is 5.78. The summed E-state index contributed by atoms with van der Waals surface area (Å²) in [5, 5.41) is 0. The van der Waals surface area contributed by atoms with E-state index in [2.05, 4.69) is 12.2 Å². The summed E-state index contributed by atoms with van der Waals surface area (Å²) in [5.74, 6) is 0.473. The molecule has 0 aromatic rings. The van der Waals surface area contributed by atoms with Gasteiger partial charge >= 0.3 is 0 Å². The largest absolute Gasteiger partial charge is 0.300 e. The molecule has 0 bridgehead atoms. The lowest BCUT2D eigenvalue weighted by Gasteiger charge is -2.02. The van der Waals surface area contributed by atoms with Crippen molar-refractivity contribution >= 4 is 5.78 Å². The van der Waals surface area contributed by atoms with E-state index in [1.165, 1.54) is 38.5 Å². The molecule has 0 saturated carbocycles. The van der Waals surface area contributed by atoms with Gasteiger partial charge in [-0.05, 0) is 32.1 Å². The summed E-state index contributed by atoms with van der Waals surface area (Å²) in [5.41, 5.74) is 0. The Kier molecular flexibility index (Phi) is 7.24. The number of Topliss-reactive ketones (excluding diaryl/α,β-unsaturated/α-hetero) is 1. The van der Waals surface area contributed by atoms with E-state index in [4.69, 9.17) is 0 Å². The quantitative estimate of drug-likeness (QED) is 0.539. The summed E-state index contributed by atoms with van der Waals surface area (Å²) in [7, 11) is 0. The average Bonchev–Trinajstić information content (AvgIpc) is 2.24. The molecule has 1 aliphatic carbocycles. The average molecular weight is 208 g/mol. The van der Waals surface area contributed by atoms with E-state index in [1.807, 2.05) is 0 Å². The minimum atomic E-state index is 0.473. The molecule has 0 radical (unpaired) electrons. The third kappa shape index (κ3) is 7.35. The van der Waals surface area contributed by atoms with E-state index >= 15 is 0 Å². The molecule has 0 spiro atoms. The molecule has 1 heteroatoms. The van der Waals surface area contributed by atoms with Crippen LogP contribution in [-0.4, -0.2) is 5.78 Å². The van der Waals surface area contributed by atoms with Crippen molar-refractivity contribution in [3.63, 3.8) is 0 Å². The molecular weight excluding hydrogens is 184 g/mol. The Morgan fingerprint density at radius 1 is 0.667 bits per heavy atom. The van der Waals surface area contributed by atoms with E-state index in [0.717, 1.165) is 32.1 Å². The normalized spacial score (nSPS) is 24.4. The van der Waals surface area contributed by atoms with Crippen LogP contribution in [0.25, 0.3) is 0 Å². The highest BCUT2D eigenvalue weighted by Crippen LogP contribution is 2.12. The molecule has 0 atom stereocenters. The topological polar surface area (TPSA) is 17.1 Å². The van der Waals surface area contributed by atoms with Crippen LogP contribution in [-0.2, 0) is 4.79 Å². The van der Waals surface area contributed by atoms with Crippen LogP contribution in [0.3, 0.4) is 0 Å². The van der Waals surface area contributed by atoms with Gasteiger partial charge in [0.05, 0.1) is 0 Å². The monoisotopic (exact) mass is 208 g/mol. The fourth-order valence-electron chi connectivity index (χ4n) is 2.07. The maximum absolute atomic E-state index is 11.4. The van der Waals surface area contributed by atoms with Crippen molar-refractivity contribution < 1.29 is 4.79 Å². The lowest BCUT2D eigenvalue weighted by atomic mass is 10.0. The van der Waals surface area contributed by atoms with E-state index in [9.17, 15) is 4.79 Å². The first-order valence-electron chi connectivity index (χ1n) is 6.56. The second kappa shape index (κ2) is 8.70. The van der Waals surface area contributed by atoms with Gasteiger partial charge in [0, 0.05) is 12.8 Å². The van der Waals surface area contributed by atoms with Gasteiger partial charge in [-0.3, -0.25) is 4.79 Å². The molecule has 0 amide bonds. The van der Waals surface area contributed by atoms with Gasteiger partial charge in [-0.2, -0.15) is 0 Å². The smallest absolute Gasteiger partial charge is 0.132 e. The zero-order chi connectivity index (χ0) is 10.8. The minimum absolute atomic E-state index is 0.473. The van der Waals surface area contributed by atoms with Gasteiger partial charge in [0.2, 0.25) is 0 Å². The SMILES string of the molecule is O=C1CCC/C=C/CCCCCCCC1. The summed E-state index contributed by atoms with van der Waals surface area (Å²) in [4.78, 5) is 11.4. The molecule has 0 aromatic heterocycles. The summed E-state index contributed by atoms with van der Waals surface area (Å²) < 4.78 is 0. The van der Waals surface area contributed by atoms with Gasteiger partial charge in [-0.15, -0.1) is 0 Å². The summed E-state index contributed by atoms with van der Waals surface area (Å²) in [6.45, 7) is 0. The Morgan fingerprint density at radius 3 is 2.00 bits per heavy atom. The first-order valence-corrected chi connectivity index (χ1v) is 6.56. The van der Waals surface area contributed by atoms with Crippen LogP contribution in [0.1, 0.15) is 70.6 Å². The lowest BCUT2D eigenvalue weighted by Crippen LogP contribution is -1.97. The number of allylic oxidation sites excluding steroid dienone is 2. The number of carbonyl (C=O) groups excluding carboxylic acids is 1. The summed E-state index contributed by atoms with van der Waals surface area (Å²) >= 11 is 0. The minimum Gasteiger partial charge on any atom is -0.300 e. The van der Waals surface area contributed by atoms with Crippen molar-refractivity contribution in [2.75, 3.05) is 0 Å². The summed E-state index contributed by atoms with van der Waals surface area (Å²) in [6.07, 6.45) is 17.3. The molecule has 1 aliphatic rings. The molecule has 0 aromatic carbocycles. The van der Waals surface area contributed by atoms with Crippen LogP contribution in [0, 0.1) is 0 Å².